The van der Waals surface area contributed by atoms with Crippen LogP contribution in [-0.2, 0) is 21.8 Å². The highest BCUT2D eigenvalue weighted by atomic mass is 32.2. The van der Waals surface area contributed by atoms with Crippen LogP contribution in [0.1, 0.15) is 38.3 Å². The van der Waals surface area contributed by atoms with E-state index in [-0.39, 0.29) is 17.2 Å². The summed E-state index contributed by atoms with van der Waals surface area (Å²) in [5.41, 5.74) is 2.70. The minimum atomic E-state index is -2.79. The predicted octanol–water partition coefficient (Wildman–Crippen LogP) is 2.26. The molecular formula is C15H23NO2S. The van der Waals surface area contributed by atoms with Gasteiger partial charge in [-0.15, -0.1) is 0 Å². The standard InChI is InChI=1S/C15H23NO2S/c1-15(2,3)13-6-4-12(5-7-13)10-16-14-8-9-19(17,18)11-14/h4-7,14,16H,8-11H2,1-3H3. The van der Waals surface area contributed by atoms with Gasteiger partial charge in [0, 0.05) is 12.6 Å². The zero-order chi connectivity index (χ0) is 14.1. The lowest BCUT2D eigenvalue weighted by Gasteiger charge is -2.19. The van der Waals surface area contributed by atoms with E-state index in [9.17, 15) is 8.42 Å². The van der Waals surface area contributed by atoms with Crippen LogP contribution in [0, 0.1) is 0 Å². The van der Waals surface area contributed by atoms with Crippen LogP contribution in [0.3, 0.4) is 0 Å². The van der Waals surface area contributed by atoms with E-state index >= 15 is 0 Å². The van der Waals surface area contributed by atoms with Crippen molar-refractivity contribution in [1.82, 2.24) is 5.32 Å². The van der Waals surface area contributed by atoms with Crippen molar-refractivity contribution in [2.24, 2.45) is 0 Å². The molecule has 0 aliphatic carbocycles. The van der Waals surface area contributed by atoms with Gasteiger partial charge >= 0.3 is 0 Å². The summed E-state index contributed by atoms with van der Waals surface area (Å²) in [5, 5.41) is 3.33. The molecule has 1 saturated heterocycles. The number of benzene rings is 1. The zero-order valence-corrected chi connectivity index (χ0v) is 12.8. The number of nitrogens with one attached hydrogen (secondary N) is 1. The molecule has 1 aromatic rings. The van der Waals surface area contributed by atoms with E-state index in [4.69, 9.17) is 0 Å². The quantitative estimate of drug-likeness (QED) is 0.924. The average Bonchev–Trinajstić information content (AvgIpc) is 2.66. The SMILES string of the molecule is CC(C)(C)c1ccc(CNC2CCS(=O)(=O)C2)cc1. The molecule has 2 rings (SSSR count). The van der Waals surface area contributed by atoms with Crippen molar-refractivity contribution >= 4 is 9.84 Å². The van der Waals surface area contributed by atoms with Gasteiger partial charge < -0.3 is 5.32 Å². The van der Waals surface area contributed by atoms with E-state index in [0.29, 0.717) is 5.75 Å². The normalized spacial score (nSPS) is 22.6. The molecule has 1 fully saturated rings. The molecule has 106 valence electrons. The third-order valence-corrected chi connectivity index (χ3v) is 5.42. The molecule has 3 nitrogen and oxygen atoms in total. The number of hydrogen-bond acceptors (Lipinski definition) is 3. The molecule has 1 N–H and O–H groups in total. The summed E-state index contributed by atoms with van der Waals surface area (Å²) in [4.78, 5) is 0. The second kappa shape index (κ2) is 5.25. The van der Waals surface area contributed by atoms with Crippen molar-refractivity contribution in [2.75, 3.05) is 11.5 Å². The van der Waals surface area contributed by atoms with E-state index in [2.05, 4.69) is 50.4 Å². The first-order valence-corrected chi connectivity index (χ1v) is 8.62. The van der Waals surface area contributed by atoms with Crippen molar-refractivity contribution in [3.05, 3.63) is 35.4 Å². The minimum absolute atomic E-state index is 0.118. The first-order valence-electron chi connectivity index (χ1n) is 6.79. The summed E-state index contributed by atoms with van der Waals surface area (Å²) in [6.45, 7) is 7.33. The molecule has 4 heteroatoms. The summed E-state index contributed by atoms with van der Waals surface area (Å²) in [5.74, 6) is 0.612. The fourth-order valence-corrected chi connectivity index (χ4v) is 4.05. The van der Waals surface area contributed by atoms with Gasteiger partial charge in [0.1, 0.15) is 0 Å². The van der Waals surface area contributed by atoms with Crippen LogP contribution in [0.2, 0.25) is 0 Å². The van der Waals surface area contributed by atoms with Gasteiger partial charge in [-0.05, 0) is 23.0 Å². The molecule has 1 aromatic carbocycles. The van der Waals surface area contributed by atoms with E-state index in [1.54, 1.807) is 0 Å². The van der Waals surface area contributed by atoms with Crippen molar-refractivity contribution < 1.29 is 8.42 Å². The second-order valence-corrected chi connectivity index (χ2v) is 8.66. The Kier molecular flexibility index (Phi) is 4.02. The summed E-state index contributed by atoms with van der Waals surface area (Å²) < 4.78 is 22.7. The highest BCUT2D eigenvalue weighted by Crippen LogP contribution is 2.22. The van der Waals surface area contributed by atoms with E-state index in [1.165, 1.54) is 11.1 Å². The molecule has 1 heterocycles. The maximum Gasteiger partial charge on any atom is 0.151 e. The van der Waals surface area contributed by atoms with Gasteiger partial charge in [0.05, 0.1) is 11.5 Å². The zero-order valence-electron chi connectivity index (χ0n) is 11.9. The van der Waals surface area contributed by atoms with Crippen LogP contribution in [0.25, 0.3) is 0 Å². The van der Waals surface area contributed by atoms with Crippen LogP contribution >= 0.6 is 0 Å². The Labute approximate surface area is 116 Å². The van der Waals surface area contributed by atoms with E-state index < -0.39 is 9.84 Å². The molecule has 1 aliphatic rings. The second-order valence-electron chi connectivity index (χ2n) is 6.43. The Morgan fingerprint density at radius 2 is 1.84 bits per heavy atom. The maximum atomic E-state index is 11.4. The maximum absolute atomic E-state index is 11.4. The summed E-state index contributed by atoms with van der Waals surface area (Å²) in [6.07, 6.45) is 0.739. The highest BCUT2D eigenvalue weighted by Gasteiger charge is 2.27. The van der Waals surface area contributed by atoms with Crippen LogP contribution in [0.4, 0.5) is 0 Å². The molecule has 0 bridgehead atoms. The molecule has 0 radical (unpaired) electrons. The fraction of sp³-hybridized carbons (Fsp3) is 0.600. The molecule has 1 unspecified atom stereocenters. The molecule has 19 heavy (non-hydrogen) atoms. The monoisotopic (exact) mass is 281 g/mol. The Balaban J connectivity index is 1.91. The van der Waals surface area contributed by atoms with Crippen molar-refractivity contribution in [3.8, 4) is 0 Å². The lowest BCUT2D eigenvalue weighted by molar-refractivity contribution is 0.553. The third-order valence-electron chi connectivity index (χ3n) is 3.65. The Morgan fingerprint density at radius 1 is 1.21 bits per heavy atom. The first-order chi connectivity index (χ1) is 8.76. The Morgan fingerprint density at radius 3 is 2.32 bits per heavy atom. The van der Waals surface area contributed by atoms with Crippen molar-refractivity contribution in [3.63, 3.8) is 0 Å². The van der Waals surface area contributed by atoms with Gasteiger partial charge in [0.25, 0.3) is 0 Å². The number of hydrogen-bond donors (Lipinski definition) is 1. The van der Waals surface area contributed by atoms with Crippen LogP contribution in [0.15, 0.2) is 24.3 Å². The molecular weight excluding hydrogens is 258 g/mol. The first kappa shape index (κ1) is 14.5. The minimum Gasteiger partial charge on any atom is -0.309 e. The van der Waals surface area contributed by atoms with E-state index in [1.807, 2.05) is 0 Å². The Bertz CT molecular complexity index is 526. The van der Waals surface area contributed by atoms with Gasteiger partial charge in [-0.25, -0.2) is 8.42 Å². The molecule has 0 saturated carbocycles. The topological polar surface area (TPSA) is 46.2 Å². The van der Waals surface area contributed by atoms with Gasteiger partial charge in [-0.1, -0.05) is 45.0 Å². The van der Waals surface area contributed by atoms with Crippen molar-refractivity contribution in [2.45, 2.75) is 45.2 Å². The lowest BCUT2D eigenvalue weighted by Crippen LogP contribution is -2.29. The summed E-state index contributed by atoms with van der Waals surface area (Å²) >= 11 is 0. The van der Waals surface area contributed by atoms with Gasteiger partial charge in [-0.3, -0.25) is 0 Å². The summed E-state index contributed by atoms with van der Waals surface area (Å²) in [6, 6.07) is 8.67. The van der Waals surface area contributed by atoms with Gasteiger partial charge in [0.2, 0.25) is 0 Å². The predicted molar refractivity (Wildman–Crippen MR) is 79.0 cm³/mol. The lowest BCUT2D eigenvalue weighted by atomic mass is 9.87. The molecule has 1 aliphatic heterocycles. The molecule has 1 atom stereocenters. The van der Waals surface area contributed by atoms with Crippen LogP contribution in [-0.4, -0.2) is 26.0 Å². The fourth-order valence-electron chi connectivity index (χ4n) is 2.34. The number of sulfone groups is 1. The number of rotatable bonds is 3. The van der Waals surface area contributed by atoms with Crippen LogP contribution in [0.5, 0.6) is 0 Å². The Hall–Kier alpha value is -0.870. The largest absolute Gasteiger partial charge is 0.309 e. The third kappa shape index (κ3) is 4.05. The highest BCUT2D eigenvalue weighted by molar-refractivity contribution is 7.91. The van der Waals surface area contributed by atoms with Crippen LogP contribution < -0.4 is 5.32 Å². The molecule has 0 spiro atoms. The van der Waals surface area contributed by atoms with Gasteiger partial charge in [0.15, 0.2) is 9.84 Å². The molecule has 0 aromatic heterocycles. The molecule has 0 amide bonds. The van der Waals surface area contributed by atoms with E-state index in [0.717, 1.165) is 13.0 Å². The summed E-state index contributed by atoms with van der Waals surface area (Å²) in [7, 11) is -2.79. The van der Waals surface area contributed by atoms with Crippen molar-refractivity contribution in [1.29, 1.82) is 0 Å². The average molecular weight is 281 g/mol. The van der Waals surface area contributed by atoms with Gasteiger partial charge in [-0.2, -0.15) is 0 Å². The smallest absolute Gasteiger partial charge is 0.151 e.